The predicted molar refractivity (Wildman–Crippen MR) is 89.2 cm³/mol. The van der Waals surface area contributed by atoms with E-state index in [1.807, 2.05) is 24.3 Å². The third-order valence-electron chi connectivity index (χ3n) is 4.52. The second kappa shape index (κ2) is 6.84. The first-order chi connectivity index (χ1) is 12.2. The molecule has 7 nitrogen and oxygen atoms in total. The number of carbonyl (C=O) groups excluding carboxylic acids is 1. The number of carbonyl (C=O) groups is 1. The standard InChI is InChI=1S/C18H21N3O4/c1-23-9-8-16(22)21-10-13(11-21)24-15-5-3-2-4-14(15)18-19-17(20-25-18)12-6-7-12/h2-5,12-13H,6-11H2,1H3. The van der Waals surface area contributed by atoms with Gasteiger partial charge in [-0.2, -0.15) is 4.98 Å². The normalized spacial score (nSPS) is 17.4. The maximum atomic E-state index is 11.9. The van der Waals surface area contributed by atoms with Crippen LogP contribution in [0.25, 0.3) is 11.5 Å². The number of ether oxygens (including phenoxy) is 2. The summed E-state index contributed by atoms with van der Waals surface area (Å²) in [5.41, 5.74) is 0.797. The van der Waals surface area contributed by atoms with Gasteiger partial charge in [0.15, 0.2) is 5.82 Å². The van der Waals surface area contributed by atoms with Gasteiger partial charge in [0.2, 0.25) is 5.91 Å². The fourth-order valence-corrected chi connectivity index (χ4v) is 2.84. The maximum Gasteiger partial charge on any atom is 0.261 e. The third kappa shape index (κ3) is 3.51. The lowest BCUT2D eigenvalue weighted by Crippen LogP contribution is -2.56. The van der Waals surface area contributed by atoms with Gasteiger partial charge in [0.1, 0.15) is 11.9 Å². The van der Waals surface area contributed by atoms with Crippen molar-refractivity contribution >= 4 is 5.91 Å². The van der Waals surface area contributed by atoms with Crippen molar-refractivity contribution in [3.8, 4) is 17.2 Å². The van der Waals surface area contributed by atoms with E-state index < -0.39 is 0 Å². The summed E-state index contributed by atoms with van der Waals surface area (Å²) in [5.74, 6) is 2.53. The van der Waals surface area contributed by atoms with Crippen molar-refractivity contribution in [2.24, 2.45) is 0 Å². The lowest BCUT2D eigenvalue weighted by Gasteiger charge is -2.39. The van der Waals surface area contributed by atoms with Crippen LogP contribution in [0, 0.1) is 0 Å². The molecule has 1 aliphatic carbocycles. The van der Waals surface area contributed by atoms with Gasteiger partial charge in [-0.15, -0.1) is 0 Å². The molecule has 2 aromatic rings. The van der Waals surface area contributed by atoms with Crippen LogP contribution in [-0.4, -0.2) is 53.9 Å². The summed E-state index contributed by atoms with van der Waals surface area (Å²) in [5, 5.41) is 4.07. The molecule has 7 heteroatoms. The molecular formula is C18H21N3O4. The van der Waals surface area contributed by atoms with Crippen LogP contribution >= 0.6 is 0 Å². The van der Waals surface area contributed by atoms with E-state index in [-0.39, 0.29) is 12.0 Å². The van der Waals surface area contributed by atoms with Gasteiger partial charge in [0, 0.05) is 13.0 Å². The number of para-hydroxylation sites is 1. The van der Waals surface area contributed by atoms with Gasteiger partial charge in [-0.25, -0.2) is 0 Å². The van der Waals surface area contributed by atoms with E-state index in [4.69, 9.17) is 14.0 Å². The van der Waals surface area contributed by atoms with Crippen molar-refractivity contribution in [1.82, 2.24) is 15.0 Å². The summed E-state index contributed by atoms with van der Waals surface area (Å²) in [6, 6.07) is 7.65. The molecule has 1 saturated carbocycles. The number of likely N-dealkylation sites (tertiary alicyclic amines) is 1. The van der Waals surface area contributed by atoms with Crippen molar-refractivity contribution in [2.45, 2.75) is 31.3 Å². The summed E-state index contributed by atoms with van der Waals surface area (Å²) in [7, 11) is 1.60. The van der Waals surface area contributed by atoms with Crippen molar-refractivity contribution in [2.75, 3.05) is 26.8 Å². The molecule has 1 aliphatic heterocycles. The van der Waals surface area contributed by atoms with Crippen LogP contribution in [0.3, 0.4) is 0 Å². The first-order valence-electron chi connectivity index (χ1n) is 8.61. The second-order valence-electron chi connectivity index (χ2n) is 6.51. The number of hydrogen-bond acceptors (Lipinski definition) is 6. The quantitative estimate of drug-likeness (QED) is 0.767. The van der Waals surface area contributed by atoms with Gasteiger partial charge in [-0.1, -0.05) is 17.3 Å². The maximum absolute atomic E-state index is 11.9. The van der Waals surface area contributed by atoms with Gasteiger partial charge in [0.25, 0.3) is 5.89 Å². The Morgan fingerprint density at radius 2 is 2.12 bits per heavy atom. The number of benzene rings is 1. The number of rotatable bonds is 7. The largest absolute Gasteiger partial charge is 0.486 e. The van der Waals surface area contributed by atoms with Crippen molar-refractivity contribution in [3.05, 3.63) is 30.1 Å². The van der Waals surface area contributed by atoms with E-state index in [1.165, 1.54) is 0 Å². The molecule has 0 spiro atoms. The molecular weight excluding hydrogens is 322 g/mol. The van der Waals surface area contributed by atoms with Crippen LogP contribution in [0.15, 0.2) is 28.8 Å². The highest BCUT2D eigenvalue weighted by Crippen LogP contribution is 2.39. The monoisotopic (exact) mass is 343 g/mol. The Kier molecular flexibility index (Phi) is 4.40. The molecule has 132 valence electrons. The predicted octanol–water partition coefficient (Wildman–Crippen LogP) is 2.24. The molecule has 2 heterocycles. The minimum atomic E-state index is -0.0153. The fourth-order valence-electron chi connectivity index (χ4n) is 2.84. The Balaban J connectivity index is 1.39. The number of nitrogens with zero attached hydrogens (tertiary/aromatic N) is 3. The molecule has 4 rings (SSSR count). The molecule has 1 aromatic carbocycles. The molecule has 0 radical (unpaired) electrons. The molecule has 1 amide bonds. The lowest BCUT2D eigenvalue weighted by atomic mass is 10.1. The average molecular weight is 343 g/mol. The summed E-state index contributed by atoms with van der Waals surface area (Å²) in [6.45, 7) is 1.63. The zero-order valence-corrected chi connectivity index (χ0v) is 14.2. The van der Waals surface area contributed by atoms with Crippen LogP contribution in [-0.2, 0) is 9.53 Å². The summed E-state index contributed by atoms with van der Waals surface area (Å²) >= 11 is 0. The van der Waals surface area contributed by atoms with E-state index in [1.54, 1.807) is 12.0 Å². The second-order valence-corrected chi connectivity index (χ2v) is 6.51. The van der Waals surface area contributed by atoms with Gasteiger partial charge in [0.05, 0.1) is 31.7 Å². The highest BCUT2D eigenvalue weighted by atomic mass is 16.5. The number of aromatic nitrogens is 2. The van der Waals surface area contributed by atoms with Crippen molar-refractivity contribution in [1.29, 1.82) is 0 Å². The molecule has 0 unspecified atom stereocenters. The van der Waals surface area contributed by atoms with E-state index in [0.29, 0.717) is 43.7 Å². The Bertz CT molecular complexity index is 750. The summed E-state index contributed by atoms with van der Waals surface area (Å²) in [4.78, 5) is 18.2. The lowest BCUT2D eigenvalue weighted by molar-refractivity contribution is -0.140. The number of methoxy groups -OCH3 is 1. The van der Waals surface area contributed by atoms with E-state index in [9.17, 15) is 4.79 Å². The van der Waals surface area contributed by atoms with Gasteiger partial charge >= 0.3 is 0 Å². The van der Waals surface area contributed by atoms with E-state index in [2.05, 4.69) is 10.1 Å². The van der Waals surface area contributed by atoms with Crippen molar-refractivity contribution in [3.63, 3.8) is 0 Å². The molecule has 2 aliphatic rings. The van der Waals surface area contributed by atoms with Crippen LogP contribution in [0.1, 0.15) is 31.0 Å². The zero-order chi connectivity index (χ0) is 17.2. The third-order valence-corrected chi connectivity index (χ3v) is 4.52. The highest BCUT2D eigenvalue weighted by molar-refractivity contribution is 5.77. The van der Waals surface area contributed by atoms with Crippen LogP contribution in [0.5, 0.6) is 5.75 Å². The minimum Gasteiger partial charge on any atom is -0.486 e. The Hall–Kier alpha value is -2.41. The minimum absolute atomic E-state index is 0.0153. The summed E-state index contributed by atoms with van der Waals surface area (Å²) in [6.07, 6.45) is 2.66. The van der Waals surface area contributed by atoms with E-state index in [0.717, 1.165) is 24.2 Å². The van der Waals surface area contributed by atoms with Crippen LogP contribution in [0.4, 0.5) is 0 Å². The molecule has 25 heavy (non-hydrogen) atoms. The average Bonchev–Trinajstić information content (AvgIpc) is 3.33. The van der Waals surface area contributed by atoms with E-state index >= 15 is 0 Å². The Morgan fingerprint density at radius 1 is 1.32 bits per heavy atom. The van der Waals surface area contributed by atoms with Gasteiger partial charge in [-0.05, 0) is 25.0 Å². The Labute approximate surface area is 145 Å². The van der Waals surface area contributed by atoms with Crippen LogP contribution < -0.4 is 4.74 Å². The highest BCUT2D eigenvalue weighted by Gasteiger charge is 2.33. The zero-order valence-electron chi connectivity index (χ0n) is 14.2. The summed E-state index contributed by atoms with van der Waals surface area (Å²) < 4.78 is 16.4. The van der Waals surface area contributed by atoms with Crippen LogP contribution in [0.2, 0.25) is 0 Å². The molecule has 0 N–H and O–H groups in total. The molecule has 1 aromatic heterocycles. The van der Waals surface area contributed by atoms with Gasteiger partial charge in [-0.3, -0.25) is 4.79 Å². The molecule has 0 atom stereocenters. The SMILES string of the molecule is COCCC(=O)N1CC(Oc2ccccc2-c2nc(C3CC3)no2)C1. The first-order valence-corrected chi connectivity index (χ1v) is 8.61. The molecule has 2 fully saturated rings. The molecule has 0 bridgehead atoms. The smallest absolute Gasteiger partial charge is 0.261 e. The number of amides is 1. The topological polar surface area (TPSA) is 77.7 Å². The van der Waals surface area contributed by atoms with Crippen molar-refractivity contribution < 1.29 is 18.8 Å². The fraction of sp³-hybridized carbons (Fsp3) is 0.500. The first kappa shape index (κ1) is 16.1. The Morgan fingerprint density at radius 3 is 2.88 bits per heavy atom. The van der Waals surface area contributed by atoms with Gasteiger partial charge < -0.3 is 18.9 Å². The molecule has 1 saturated heterocycles. The number of hydrogen-bond donors (Lipinski definition) is 0.